The van der Waals surface area contributed by atoms with Crippen molar-refractivity contribution in [1.82, 2.24) is 0 Å². The second kappa shape index (κ2) is 6.04. The summed E-state index contributed by atoms with van der Waals surface area (Å²) in [5, 5.41) is 0. The molecule has 1 unspecified atom stereocenters. The molecule has 2 aromatic carbocycles. The van der Waals surface area contributed by atoms with Gasteiger partial charge in [0.05, 0.1) is 0 Å². The minimum atomic E-state index is -0.944. The van der Waals surface area contributed by atoms with Gasteiger partial charge >= 0.3 is 0 Å². The molecule has 0 N–H and O–H groups in total. The van der Waals surface area contributed by atoms with E-state index in [2.05, 4.69) is 0 Å². The van der Waals surface area contributed by atoms with Crippen molar-refractivity contribution in [2.75, 3.05) is 6.26 Å². The molecule has 108 valence electrons. The van der Waals surface area contributed by atoms with E-state index in [0.717, 1.165) is 29.7 Å². The molecule has 0 heterocycles. The van der Waals surface area contributed by atoms with Gasteiger partial charge in [-0.15, -0.1) is 0 Å². The molecule has 1 aliphatic carbocycles. The first-order valence-electron chi connectivity index (χ1n) is 7.07. The van der Waals surface area contributed by atoms with Gasteiger partial charge in [0.1, 0.15) is 12.1 Å². The summed E-state index contributed by atoms with van der Waals surface area (Å²) in [6, 6.07) is 14.7. The minimum Gasteiger partial charge on any atom is -0.612 e. The van der Waals surface area contributed by atoms with Gasteiger partial charge < -0.3 is 4.55 Å². The average molecular weight is 300 g/mol. The molecule has 3 rings (SSSR count). The van der Waals surface area contributed by atoms with Crippen LogP contribution in [-0.4, -0.2) is 10.8 Å². The van der Waals surface area contributed by atoms with Crippen LogP contribution in [0.1, 0.15) is 30.4 Å². The Hall–Kier alpha value is -1.58. The number of hydrogen-bond acceptors (Lipinski definition) is 1. The molecule has 21 heavy (non-hydrogen) atoms. The summed E-state index contributed by atoms with van der Waals surface area (Å²) in [4.78, 5) is 0.848. The molecular formula is C18H17FOS. The maximum absolute atomic E-state index is 13.1. The van der Waals surface area contributed by atoms with E-state index in [9.17, 15) is 8.94 Å². The van der Waals surface area contributed by atoms with Crippen molar-refractivity contribution in [2.24, 2.45) is 0 Å². The Morgan fingerprint density at radius 2 is 1.33 bits per heavy atom. The van der Waals surface area contributed by atoms with E-state index in [1.807, 2.05) is 36.4 Å². The number of hydrogen-bond donors (Lipinski definition) is 0. The van der Waals surface area contributed by atoms with Gasteiger partial charge in [-0.3, -0.25) is 0 Å². The first-order valence-corrected chi connectivity index (χ1v) is 8.63. The number of benzene rings is 2. The van der Waals surface area contributed by atoms with Crippen LogP contribution in [-0.2, 0) is 11.2 Å². The van der Waals surface area contributed by atoms with Gasteiger partial charge in [0.25, 0.3) is 0 Å². The van der Waals surface area contributed by atoms with E-state index in [1.54, 1.807) is 6.26 Å². The van der Waals surface area contributed by atoms with Crippen molar-refractivity contribution in [3.63, 3.8) is 0 Å². The Balaban J connectivity index is 1.98. The zero-order valence-electron chi connectivity index (χ0n) is 11.9. The topological polar surface area (TPSA) is 23.1 Å². The van der Waals surface area contributed by atoms with Gasteiger partial charge in [-0.1, -0.05) is 12.1 Å². The van der Waals surface area contributed by atoms with Crippen LogP contribution in [0.15, 0.2) is 53.4 Å². The van der Waals surface area contributed by atoms with E-state index in [-0.39, 0.29) is 5.82 Å². The summed E-state index contributed by atoms with van der Waals surface area (Å²) in [5.74, 6) is -0.200. The summed E-state index contributed by atoms with van der Waals surface area (Å²) in [6.45, 7) is 0. The van der Waals surface area contributed by atoms with Crippen LogP contribution in [0.4, 0.5) is 4.39 Å². The molecule has 1 aliphatic rings. The SMILES string of the molecule is C[S+]([O-])c1ccc(C2=C(c3ccc(F)cc3)CCC2)cc1. The van der Waals surface area contributed by atoms with E-state index >= 15 is 0 Å². The lowest BCUT2D eigenvalue weighted by molar-refractivity contribution is 0.601. The zero-order valence-corrected chi connectivity index (χ0v) is 12.8. The third kappa shape index (κ3) is 3.04. The van der Waals surface area contributed by atoms with Gasteiger partial charge in [-0.05, 0) is 89.1 Å². The van der Waals surface area contributed by atoms with E-state index in [1.165, 1.54) is 28.8 Å². The first kappa shape index (κ1) is 14.4. The molecule has 0 spiro atoms. The molecule has 0 saturated carbocycles. The van der Waals surface area contributed by atoms with Gasteiger partial charge in [0.2, 0.25) is 0 Å². The van der Waals surface area contributed by atoms with Crippen LogP contribution in [0.3, 0.4) is 0 Å². The lowest BCUT2D eigenvalue weighted by atomic mass is 9.97. The largest absolute Gasteiger partial charge is 0.612 e. The summed E-state index contributed by atoms with van der Waals surface area (Å²) >= 11 is -0.944. The average Bonchev–Trinajstić information content (AvgIpc) is 2.97. The van der Waals surface area contributed by atoms with Gasteiger partial charge in [-0.25, -0.2) is 4.39 Å². The van der Waals surface area contributed by atoms with Crippen molar-refractivity contribution >= 4 is 22.3 Å². The van der Waals surface area contributed by atoms with Crippen LogP contribution >= 0.6 is 0 Å². The number of allylic oxidation sites excluding steroid dienone is 2. The molecule has 0 amide bonds. The standard InChI is InChI=1S/C18H17FOS/c1-21(20)16-11-7-14(8-12-16)18-4-2-3-17(18)13-5-9-15(19)10-6-13/h5-12H,2-4H2,1H3. The molecule has 2 aromatic rings. The highest BCUT2D eigenvalue weighted by atomic mass is 32.2. The van der Waals surface area contributed by atoms with Crippen molar-refractivity contribution in [1.29, 1.82) is 0 Å². The predicted molar refractivity (Wildman–Crippen MR) is 85.8 cm³/mol. The van der Waals surface area contributed by atoms with Crippen molar-refractivity contribution < 1.29 is 8.94 Å². The van der Waals surface area contributed by atoms with E-state index in [0.29, 0.717) is 0 Å². The molecule has 0 radical (unpaired) electrons. The molecule has 0 fully saturated rings. The smallest absolute Gasteiger partial charge is 0.152 e. The zero-order chi connectivity index (χ0) is 14.8. The summed E-state index contributed by atoms with van der Waals surface area (Å²) in [7, 11) is 0. The van der Waals surface area contributed by atoms with Crippen LogP contribution in [0.2, 0.25) is 0 Å². The second-order valence-corrected chi connectivity index (χ2v) is 6.68. The quantitative estimate of drug-likeness (QED) is 0.756. The molecular weight excluding hydrogens is 283 g/mol. The lowest BCUT2D eigenvalue weighted by Crippen LogP contribution is -1.97. The molecule has 0 aliphatic heterocycles. The van der Waals surface area contributed by atoms with Crippen LogP contribution in [0.25, 0.3) is 11.1 Å². The maximum Gasteiger partial charge on any atom is 0.152 e. The highest BCUT2D eigenvalue weighted by Gasteiger charge is 2.18. The van der Waals surface area contributed by atoms with Crippen LogP contribution < -0.4 is 0 Å². The Bertz CT molecular complexity index is 657. The van der Waals surface area contributed by atoms with Crippen molar-refractivity contribution in [3.8, 4) is 0 Å². The van der Waals surface area contributed by atoms with Gasteiger partial charge in [-0.2, -0.15) is 0 Å². The molecule has 0 bridgehead atoms. The highest BCUT2D eigenvalue weighted by Crippen LogP contribution is 2.39. The lowest BCUT2D eigenvalue weighted by Gasteiger charge is -2.10. The van der Waals surface area contributed by atoms with E-state index < -0.39 is 11.2 Å². The normalized spacial score (nSPS) is 16.3. The monoisotopic (exact) mass is 300 g/mol. The fraction of sp³-hybridized carbons (Fsp3) is 0.222. The third-order valence-corrected chi connectivity index (χ3v) is 4.88. The Morgan fingerprint density at radius 1 is 0.857 bits per heavy atom. The summed E-state index contributed by atoms with van der Waals surface area (Å²) < 4.78 is 24.5. The Kier molecular flexibility index (Phi) is 4.13. The van der Waals surface area contributed by atoms with Crippen molar-refractivity contribution in [3.05, 3.63) is 65.5 Å². The fourth-order valence-electron chi connectivity index (χ4n) is 2.88. The first-order chi connectivity index (χ1) is 10.1. The number of halogens is 1. The van der Waals surface area contributed by atoms with Crippen LogP contribution in [0, 0.1) is 5.82 Å². The maximum atomic E-state index is 13.1. The highest BCUT2D eigenvalue weighted by molar-refractivity contribution is 7.90. The molecule has 0 aromatic heterocycles. The molecule has 0 saturated heterocycles. The van der Waals surface area contributed by atoms with Crippen molar-refractivity contribution in [2.45, 2.75) is 24.2 Å². The number of rotatable bonds is 3. The third-order valence-electron chi connectivity index (χ3n) is 3.95. The minimum absolute atomic E-state index is 0.200. The van der Waals surface area contributed by atoms with E-state index in [4.69, 9.17) is 0 Å². The Labute approximate surface area is 127 Å². The second-order valence-electron chi connectivity index (χ2n) is 5.30. The summed E-state index contributed by atoms with van der Waals surface area (Å²) in [5.41, 5.74) is 4.92. The fourth-order valence-corrected chi connectivity index (χ4v) is 3.40. The Morgan fingerprint density at radius 3 is 1.81 bits per heavy atom. The molecule has 3 heteroatoms. The molecule has 1 nitrogen and oxygen atoms in total. The van der Waals surface area contributed by atoms with Gasteiger partial charge in [0.15, 0.2) is 4.90 Å². The molecule has 1 atom stereocenters. The predicted octanol–water partition coefficient (Wildman–Crippen LogP) is 4.66. The van der Waals surface area contributed by atoms with Crippen LogP contribution in [0.5, 0.6) is 0 Å². The van der Waals surface area contributed by atoms with Gasteiger partial charge in [0, 0.05) is 0 Å². The summed E-state index contributed by atoms with van der Waals surface area (Å²) in [6.07, 6.45) is 4.89.